The largest absolute Gasteiger partial charge is 0.476 e. The highest BCUT2D eigenvalue weighted by Gasteiger charge is 2.34. The van der Waals surface area contributed by atoms with Gasteiger partial charge in [0.25, 0.3) is 0 Å². The first-order chi connectivity index (χ1) is 16.1. The summed E-state index contributed by atoms with van der Waals surface area (Å²) in [4.78, 5) is 14.6. The van der Waals surface area contributed by atoms with Gasteiger partial charge in [-0.1, -0.05) is 0 Å². The van der Waals surface area contributed by atoms with Gasteiger partial charge in [0, 0.05) is 53.6 Å². The summed E-state index contributed by atoms with van der Waals surface area (Å²) in [5, 5.41) is 9.10. The number of halogens is 3. The zero-order valence-electron chi connectivity index (χ0n) is 18.8. The molecule has 0 radical (unpaired) electrons. The van der Waals surface area contributed by atoms with E-state index >= 15 is 0 Å². The smallest absolute Gasteiger partial charge is 0.434 e. The number of aryl methyl sites for hydroxylation is 2. The molecule has 0 saturated heterocycles. The number of hydrogen-bond donors (Lipinski definition) is 0. The molecule has 0 bridgehead atoms. The summed E-state index contributed by atoms with van der Waals surface area (Å²) in [5.41, 5.74) is 1.78. The predicted molar refractivity (Wildman–Crippen MR) is 120 cm³/mol. The molecule has 12 heteroatoms. The van der Waals surface area contributed by atoms with E-state index in [9.17, 15) is 13.2 Å². The maximum atomic E-state index is 13.2. The fourth-order valence-electron chi connectivity index (χ4n) is 3.09. The van der Waals surface area contributed by atoms with E-state index in [1.165, 1.54) is 0 Å². The van der Waals surface area contributed by atoms with E-state index in [1.807, 2.05) is 19.0 Å². The van der Waals surface area contributed by atoms with Crippen LogP contribution in [0.5, 0.6) is 5.88 Å². The standard InChI is InChI=1S/C22H21F3N6O2S/c1-12-7-16(21-28-18(11-34-21)22(23,24)25)17(10-26-12)15-8-14(19-30-29-13(2)33-19)9-27-20(15)32-6-5-31(3)4/h7-11H,5-6H2,1-4H3. The van der Waals surface area contributed by atoms with E-state index in [-0.39, 0.29) is 10.9 Å². The Hall–Kier alpha value is -3.38. The van der Waals surface area contributed by atoms with Gasteiger partial charge in [-0.2, -0.15) is 13.2 Å². The van der Waals surface area contributed by atoms with Crippen molar-refractivity contribution < 1.29 is 22.3 Å². The summed E-state index contributed by atoms with van der Waals surface area (Å²) >= 11 is 0.911. The lowest BCUT2D eigenvalue weighted by Crippen LogP contribution is -2.20. The van der Waals surface area contributed by atoms with Gasteiger partial charge < -0.3 is 14.1 Å². The van der Waals surface area contributed by atoms with Crippen molar-refractivity contribution in [1.82, 2.24) is 30.0 Å². The van der Waals surface area contributed by atoms with E-state index < -0.39 is 11.9 Å². The second-order valence-electron chi connectivity index (χ2n) is 7.76. The van der Waals surface area contributed by atoms with Crippen molar-refractivity contribution in [3.63, 3.8) is 0 Å². The lowest BCUT2D eigenvalue weighted by molar-refractivity contribution is -0.140. The van der Waals surface area contributed by atoms with E-state index in [4.69, 9.17) is 9.15 Å². The first-order valence-corrected chi connectivity index (χ1v) is 11.1. The monoisotopic (exact) mass is 490 g/mol. The lowest BCUT2D eigenvalue weighted by Gasteiger charge is -2.15. The van der Waals surface area contributed by atoms with Gasteiger partial charge in [0.15, 0.2) is 5.69 Å². The average molecular weight is 491 g/mol. The van der Waals surface area contributed by atoms with Crippen LogP contribution >= 0.6 is 11.3 Å². The second kappa shape index (κ2) is 9.47. The van der Waals surface area contributed by atoms with Crippen LogP contribution in [0.1, 0.15) is 17.3 Å². The van der Waals surface area contributed by atoms with E-state index in [1.54, 1.807) is 38.4 Å². The SMILES string of the molecule is Cc1cc(-c2nc(C(F)(F)F)cs2)c(-c2cc(-c3nnc(C)o3)cnc2OCCN(C)C)cn1. The summed E-state index contributed by atoms with van der Waals surface area (Å²) in [6, 6.07) is 3.44. The van der Waals surface area contributed by atoms with Crippen LogP contribution in [-0.2, 0) is 6.18 Å². The van der Waals surface area contributed by atoms with Crippen LogP contribution < -0.4 is 4.74 Å². The van der Waals surface area contributed by atoms with Gasteiger partial charge in [-0.25, -0.2) is 9.97 Å². The summed E-state index contributed by atoms with van der Waals surface area (Å²) in [6.45, 7) is 4.43. The third kappa shape index (κ3) is 5.23. The predicted octanol–water partition coefficient (Wildman–Crippen LogP) is 4.89. The molecular weight excluding hydrogens is 469 g/mol. The maximum Gasteiger partial charge on any atom is 0.434 e. The topological polar surface area (TPSA) is 90.1 Å². The molecule has 4 rings (SSSR count). The number of likely N-dealkylation sites (N-methyl/N-ethyl adjacent to an activating group) is 1. The minimum Gasteiger partial charge on any atom is -0.476 e. The number of aromatic nitrogens is 5. The Kier molecular flexibility index (Phi) is 6.62. The zero-order chi connectivity index (χ0) is 24.5. The maximum absolute atomic E-state index is 13.2. The Labute approximate surface area is 197 Å². The number of alkyl halides is 3. The fraction of sp³-hybridized carbons (Fsp3) is 0.318. The van der Waals surface area contributed by atoms with Crippen LogP contribution in [0.2, 0.25) is 0 Å². The number of nitrogens with zero attached hydrogens (tertiary/aromatic N) is 6. The minimum atomic E-state index is -4.53. The quantitative estimate of drug-likeness (QED) is 0.362. The van der Waals surface area contributed by atoms with Gasteiger partial charge in [-0.05, 0) is 33.2 Å². The fourth-order valence-corrected chi connectivity index (χ4v) is 3.95. The first kappa shape index (κ1) is 23.8. The number of pyridine rings is 2. The third-order valence-corrected chi connectivity index (χ3v) is 5.63. The Balaban J connectivity index is 1.85. The van der Waals surface area contributed by atoms with Crippen LogP contribution in [0.3, 0.4) is 0 Å². The molecule has 4 aromatic rings. The van der Waals surface area contributed by atoms with E-state index in [0.717, 1.165) is 16.7 Å². The Bertz CT molecular complexity index is 1300. The van der Waals surface area contributed by atoms with Crippen molar-refractivity contribution >= 4 is 11.3 Å². The van der Waals surface area contributed by atoms with Gasteiger partial charge in [-0.15, -0.1) is 21.5 Å². The van der Waals surface area contributed by atoms with Gasteiger partial charge in [-0.3, -0.25) is 4.98 Å². The summed E-state index contributed by atoms with van der Waals surface area (Å²) < 4.78 is 51.1. The number of thiazole rings is 1. The van der Waals surface area contributed by atoms with Crippen LogP contribution in [0, 0.1) is 13.8 Å². The highest BCUT2D eigenvalue weighted by Crippen LogP contribution is 2.41. The molecule has 34 heavy (non-hydrogen) atoms. The van der Waals surface area contributed by atoms with Crippen molar-refractivity contribution in [2.75, 3.05) is 27.2 Å². The highest BCUT2D eigenvalue weighted by molar-refractivity contribution is 7.13. The number of rotatable bonds is 7. The van der Waals surface area contributed by atoms with Crippen molar-refractivity contribution in [3.8, 4) is 39.0 Å². The van der Waals surface area contributed by atoms with Crippen LogP contribution in [0.25, 0.3) is 33.2 Å². The van der Waals surface area contributed by atoms with E-state index in [2.05, 4.69) is 25.1 Å². The minimum absolute atomic E-state index is 0.214. The molecule has 178 valence electrons. The normalized spacial score (nSPS) is 11.9. The molecule has 0 atom stereocenters. The Morgan fingerprint density at radius 3 is 2.47 bits per heavy atom. The van der Waals surface area contributed by atoms with Crippen LogP contribution in [-0.4, -0.2) is 57.3 Å². The zero-order valence-corrected chi connectivity index (χ0v) is 19.7. The second-order valence-corrected chi connectivity index (χ2v) is 8.62. The van der Waals surface area contributed by atoms with Crippen molar-refractivity contribution in [2.45, 2.75) is 20.0 Å². The molecule has 8 nitrogen and oxygen atoms in total. The molecule has 0 aliphatic rings. The van der Waals surface area contributed by atoms with Gasteiger partial charge >= 0.3 is 6.18 Å². The highest BCUT2D eigenvalue weighted by atomic mass is 32.1. The lowest BCUT2D eigenvalue weighted by atomic mass is 10.0. The molecular formula is C22H21F3N6O2S. The third-order valence-electron chi connectivity index (χ3n) is 4.76. The molecule has 0 aliphatic carbocycles. The molecule has 4 heterocycles. The molecule has 0 amide bonds. The van der Waals surface area contributed by atoms with Crippen LogP contribution in [0.4, 0.5) is 13.2 Å². The molecule has 0 spiro atoms. The molecule has 0 aliphatic heterocycles. The molecule has 0 aromatic carbocycles. The van der Waals surface area contributed by atoms with Gasteiger partial charge in [0.1, 0.15) is 11.6 Å². The molecule has 0 saturated carbocycles. The van der Waals surface area contributed by atoms with Gasteiger partial charge in [0.2, 0.25) is 17.7 Å². The summed E-state index contributed by atoms with van der Waals surface area (Å²) in [6.07, 6.45) is -1.40. The molecule has 0 N–H and O–H groups in total. The summed E-state index contributed by atoms with van der Waals surface area (Å²) in [7, 11) is 3.84. The van der Waals surface area contributed by atoms with Crippen molar-refractivity contribution in [1.29, 1.82) is 0 Å². The Morgan fingerprint density at radius 1 is 1.03 bits per heavy atom. The van der Waals surface area contributed by atoms with Crippen molar-refractivity contribution in [2.24, 2.45) is 0 Å². The number of hydrogen-bond acceptors (Lipinski definition) is 9. The first-order valence-electron chi connectivity index (χ1n) is 10.2. The van der Waals surface area contributed by atoms with Crippen molar-refractivity contribution in [3.05, 3.63) is 47.2 Å². The molecule has 4 aromatic heterocycles. The van der Waals surface area contributed by atoms with Crippen LogP contribution in [0.15, 0.2) is 34.3 Å². The molecule has 0 unspecified atom stereocenters. The summed E-state index contributed by atoms with van der Waals surface area (Å²) in [5.74, 6) is 0.964. The van der Waals surface area contributed by atoms with Gasteiger partial charge in [0.05, 0.1) is 5.56 Å². The Morgan fingerprint density at radius 2 is 1.82 bits per heavy atom. The molecule has 0 fully saturated rings. The number of ether oxygens (including phenoxy) is 1. The van der Waals surface area contributed by atoms with E-state index in [0.29, 0.717) is 52.9 Å². The average Bonchev–Trinajstić information content (AvgIpc) is 3.43.